The molecule has 2 aromatic heterocycles. The summed E-state index contributed by atoms with van der Waals surface area (Å²) in [5.41, 5.74) is 8.70. The van der Waals surface area contributed by atoms with Crippen molar-refractivity contribution in [1.82, 2.24) is 14.9 Å². The van der Waals surface area contributed by atoms with Crippen molar-refractivity contribution in [2.75, 3.05) is 26.2 Å². The Balaban J connectivity index is 0.00000171. The molecule has 0 saturated carbocycles. The standard InChI is InChI=1S/C23H26N4O2.2ClH/c24-10-4-14-29-18-8-12-27(13-9-18)23(28)20-15-22(17-5-3-11-25-16-17)26-21-7-2-1-6-19(20)21;;/h1-3,5-7,11,15-16,18H,4,8-10,12-14,24H2;2*1H. The lowest BCUT2D eigenvalue weighted by molar-refractivity contribution is 0.00850. The van der Waals surface area contributed by atoms with Crippen LogP contribution in [0.25, 0.3) is 22.2 Å². The molecule has 1 aliphatic rings. The molecule has 6 nitrogen and oxygen atoms in total. The highest BCUT2D eigenvalue weighted by molar-refractivity contribution is 6.07. The molecule has 0 atom stereocenters. The van der Waals surface area contributed by atoms with Gasteiger partial charge in [-0.05, 0) is 50.1 Å². The van der Waals surface area contributed by atoms with Crippen LogP contribution in [0.1, 0.15) is 29.6 Å². The van der Waals surface area contributed by atoms with Crippen LogP contribution in [-0.4, -0.2) is 53.1 Å². The van der Waals surface area contributed by atoms with E-state index in [1.807, 2.05) is 47.4 Å². The Bertz CT molecular complexity index is 980. The summed E-state index contributed by atoms with van der Waals surface area (Å²) in [6.07, 6.45) is 6.31. The lowest BCUT2D eigenvalue weighted by Gasteiger charge is -2.32. The highest BCUT2D eigenvalue weighted by atomic mass is 35.5. The molecule has 1 saturated heterocycles. The molecule has 2 N–H and O–H groups in total. The number of benzene rings is 1. The Morgan fingerprint density at radius 3 is 2.61 bits per heavy atom. The maximum atomic E-state index is 13.4. The Kier molecular flexibility index (Phi) is 9.65. The minimum atomic E-state index is 0. The molecule has 1 aliphatic heterocycles. The number of rotatable bonds is 6. The molecule has 1 fully saturated rings. The van der Waals surface area contributed by atoms with E-state index in [9.17, 15) is 4.79 Å². The molecule has 0 radical (unpaired) electrons. The van der Waals surface area contributed by atoms with Crippen LogP contribution in [0.3, 0.4) is 0 Å². The molecule has 1 aromatic carbocycles. The molecule has 0 spiro atoms. The molecule has 0 bridgehead atoms. The van der Waals surface area contributed by atoms with Gasteiger partial charge in [0, 0.05) is 43.0 Å². The predicted molar refractivity (Wildman–Crippen MR) is 128 cm³/mol. The summed E-state index contributed by atoms with van der Waals surface area (Å²) >= 11 is 0. The number of likely N-dealkylation sites (tertiary alicyclic amines) is 1. The summed E-state index contributed by atoms with van der Waals surface area (Å²) < 4.78 is 5.87. The van der Waals surface area contributed by atoms with Crippen LogP contribution in [0.5, 0.6) is 0 Å². The normalized spacial score (nSPS) is 14.0. The van der Waals surface area contributed by atoms with Crippen molar-refractivity contribution >= 4 is 41.6 Å². The second-order valence-electron chi connectivity index (χ2n) is 7.32. The van der Waals surface area contributed by atoms with Gasteiger partial charge < -0.3 is 15.4 Å². The number of piperidine rings is 1. The fourth-order valence-electron chi connectivity index (χ4n) is 3.74. The Morgan fingerprint density at radius 1 is 1.13 bits per heavy atom. The van der Waals surface area contributed by atoms with Gasteiger partial charge in [0.2, 0.25) is 0 Å². The molecule has 0 unspecified atom stereocenters. The third kappa shape index (κ3) is 5.92. The van der Waals surface area contributed by atoms with Crippen LogP contribution in [-0.2, 0) is 4.74 Å². The van der Waals surface area contributed by atoms with Crippen molar-refractivity contribution in [1.29, 1.82) is 0 Å². The van der Waals surface area contributed by atoms with Gasteiger partial charge in [-0.3, -0.25) is 9.78 Å². The Hall–Kier alpha value is -2.25. The van der Waals surface area contributed by atoms with Gasteiger partial charge in [-0.2, -0.15) is 0 Å². The van der Waals surface area contributed by atoms with Gasteiger partial charge in [0.05, 0.1) is 22.9 Å². The number of halogens is 2. The minimum Gasteiger partial charge on any atom is -0.378 e. The Morgan fingerprint density at radius 2 is 1.90 bits per heavy atom. The fraction of sp³-hybridized carbons (Fsp3) is 0.348. The second kappa shape index (κ2) is 12.0. The number of nitrogens with two attached hydrogens (primary N) is 1. The zero-order valence-corrected chi connectivity index (χ0v) is 18.9. The molecular formula is C23H28Cl2N4O2. The van der Waals surface area contributed by atoms with E-state index < -0.39 is 0 Å². The number of hydrogen-bond donors (Lipinski definition) is 1. The van der Waals surface area contributed by atoms with Crippen molar-refractivity contribution in [3.8, 4) is 11.3 Å². The van der Waals surface area contributed by atoms with Gasteiger partial charge in [0.25, 0.3) is 5.91 Å². The number of carbonyl (C=O) groups excluding carboxylic acids is 1. The number of amides is 1. The zero-order chi connectivity index (χ0) is 20.1. The number of fused-ring (bicyclic) bond motifs is 1. The minimum absolute atomic E-state index is 0. The smallest absolute Gasteiger partial charge is 0.254 e. The first kappa shape index (κ1) is 25.0. The number of para-hydroxylation sites is 1. The van der Waals surface area contributed by atoms with Crippen molar-refractivity contribution in [3.05, 3.63) is 60.4 Å². The number of nitrogens with zero attached hydrogens (tertiary/aromatic N) is 3. The topological polar surface area (TPSA) is 81.3 Å². The van der Waals surface area contributed by atoms with Gasteiger partial charge in [-0.25, -0.2) is 4.98 Å². The summed E-state index contributed by atoms with van der Waals surface area (Å²) in [6, 6.07) is 13.5. The third-order valence-electron chi connectivity index (χ3n) is 5.34. The van der Waals surface area contributed by atoms with Crippen molar-refractivity contribution < 1.29 is 9.53 Å². The monoisotopic (exact) mass is 462 g/mol. The SMILES string of the molecule is Cl.Cl.NCCCOC1CCN(C(=O)c2cc(-c3cccnc3)nc3ccccc23)CC1. The fourth-order valence-corrected chi connectivity index (χ4v) is 3.74. The quantitative estimate of drug-likeness (QED) is 0.557. The highest BCUT2D eigenvalue weighted by Crippen LogP contribution is 2.26. The largest absolute Gasteiger partial charge is 0.378 e. The van der Waals surface area contributed by atoms with Crippen molar-refractivity contribution in [2.45, 2.75) is 25.4 Å². The number of carbonyl (C=O) groups is 1. The zero-order valence-electron chi connectivity index (χ0n) is 17.3. The van der Waals surface area contributed by atoms with E-state index in [0.29, 0.717) is 31.8 Å². The summed E-state index contributed by atoms with van der Waals surface area (Å²) in [5.74, 6) is 0.0501. The molecule has 3 aromatic rings. The van der Waals surface area contributed by atoms with Crippen LogP contribution in [0.4, 0.5) is 0 Å². The van der Waals surface area contributed by atoms with E-state index in [1.165, 1.54) is 0 Å². The molecule has 0 aliphatic carbocycles. The Labute approximate surface area is 195 Å². The number of pyridine rings is 2. The van der Waals surface area contributed by atoms with Crippen molar-refractivity contribution in [3.63, 3.8) is 0 Å². The van der Waals surface area contributed by atoms with E-state index in [-0.39, 0.29) is 36.8 Å². The number of ether oxygens (including phenoxy) is 1. The maximum absolute atomic E-state index is 13.4. The van der Waals surface area contributed by atoms with E-state index >= 15 is 0 Å². The lowest BCUT2D eigenvalue weighted by atomic mass is 10.0. The van der Waals surface area contributed by atoms with Gasteiger partial charge >= 0.3 is 0 Å². The number of aromatic nitrogens is 2. The maximum Gasteiger partial charge on any atom is 0.254 e. The summed E-state index contributed by atoms with van der Waals surface area (Å²) in [7, 11) is 0. The molecule has 31 heavy (non-hydrogen) atoms. The first-order valence-corrected chi connectivity index (χ1v) is 10.2. The second-order valence-corrected chi connectivity index (χ2v) is 7.32. The molecular weight excluding hydrogens is 435 g/mol. The number of hydrogen-bond acceptors (Lipinski definition) is 5. The van der Waals surface area contributed by atoms with Gasteiger partial charge in [0.15, 0.2) is 0 Å². The summed E-state index contributed by atoms with van der Waals surface area (Å²) in [5, 5.41) is 0.881. The van der Waals surface area contributed by atoms with Crippen LogP contribution < -0.4 is 5.73 Å². The van der Waals surface area contributed by atoms with Gasteiger partial charge in [-0.15, -0.1) is 24.8 Å². The van der Waals surface area contributed by atoms with Crippen LogP contribution in [0.2, 0.25) is 0 Å². The van der Waals surface area contributed by atoms with Crippen LogP contribution in [0, 0.1) is 0 Å². The van der Waals surface area contributed by atoms with E-state index in [2.05, 4.69) is 4.98 Å². The molecule has 1 amide bonds. The van der Waals surface area contributed by atoms with Crippen LogP contribution in [0.15, 0.2) is 54.9 Å². The first-order valence-electron chi connectivity index (χ1n) is 10.2. The van der Waals surface area contributed by atoms with E-state index in [4.69, 9.17) is 15.5 Å². The van der Waals surface area contributed by atoms with Crippen LogP contribution >= 0.6 is 24.8 Å². The molecule has 4 rings (SSSR count). The highest BCUT2D eigenvalue weighted by Gasteiger charge is 2.25. The predicted octanol–water partition coefficient (Wildman–Crippen LogP) is 4.11. The molecule has 3 heterocycles. The third-order valence-corrected chi connectivity index (χ3v) is 5.34. The summed E-state index contributed by atoms with van der Waals surface area (Å²) in [4.78, 5) is 24.3. The van der Waals surface area contributed by atoms with Crippen molar-refractivity contribution in [2.24, 2.45) is 5.73 Å². The summed E-state index contributed by atoms with van der Waals surface area (Å²) in [6.45, 7) is 2.74. The molecule has 166 valence electrons. The van der Waals surface area contributed by atoms with Gasteiger partial charge in [0.1, 0.15) is 0 Å². The first-order chi connectivity index (χ1) is 14.3. The molecule has 8 heteroatoms. The van der Waals surface area contributed by atoms with E-state index in [0.717, 1.165) is 41.4 Å². The lowest BCUT2D eigenvalue weighted by Crippen LogP contribution is -2.41. The average Bonchev–Trinajstić information content (AvgIpc) is 2.79. The van der Waals surface area contributed by atoms with E-state index in [1.54, 1.807) is 12.4 Å². The average molecular weight is 463 g/mol. The van der Waals surface area contributed by atoms with Gasteiger partial charge in [-0.1, -0.05) is 18.2 Å².